The predicted octanol–water partition coefficient (Wildman–Crippen LogP) is 3.44. The maximum Gasteiger partial charge on any atom is 0.234 e. The first kappa shape index (κ1) is 21.2. The number of amides is 1. The summed E-state index contributed by atoms with van der Waals surface area (Å²) in [6, 6.07) is 16.1. The molecule has 10 heteroatoms. The van der Waals surface area contributed by atoms with Gasteiger partial charge in [0.25, 0.3) is 0 Å². The lowest BCUT2D eigenvalue weighted by Crippen LogP contribution is -2.54. The number of ether oxygens (including phenoxy) is 1. The molecule has 166 valence electrons. The zero-order chi connectivity index (χ0) is 22.1. The Morgan fingerprint density at radius 1 is 1.22 bits per heavy atom. The molecule has 1 amide bonds. The minimum atomic E-state index is -0.0619. The van der Waals surface area contributed by atoms with Gasteiger partial charge in [-0.05, 0) is 48.4 Å². The number of anilines is 1. The van der Waals surface area contributed by atoms with Crippen molar-refractivity contribution in [3.63, 3.8) is 0 Å². The fourth-order valence-electron chi connectivity index (χ4n) is 4.06. The molecule has 1 saturated heterocycles. The average Bonchev–Trinajstić information content (AvgIpc) is 3.43. The Bertz CT molecular complexity index is 1050. The molecular weight excluding hydrogens is 492 g/mol. The van der Waals surface area contributed by atoms with Gasteiger partial charge in [-0.2, -0.15) is 5.10 Å². The van der Waals surface area contributed by atoms with Crippen LogP contribution in [0.1, 0.15) is 18.0 Å². The van der Waals surface area contributed by atoms with Crippen LogP contribution in [0.15, 0.2) is 70.5 Å². The molecule has 2 aromatic carbocycles. The Labute approximate surface area is 199 Å². The first-order valence-electron chi connectivity index (χ1n) is 10.3. The topological polar surface area (TPSA) is 81.2 Å². The predicted molar refractivity (Wildman–Crippen MR) is 130 cm³/mol. The van der Waals surface area contributed by atoms with Crippen molar-refractivity contribution in [2.75, 3.05) is 18.2 Å². The lowest BCUT2D eigenvalue weighted by atomic mass is 10.00. The summed E-state index contributed by atoms with van der Waals surface area (Å²) in [4.78, 5) is 14.5. The third-order valence-electron chi connectivity index (χ3n) is 5.68. The van der Waals surface area contributed by atoms with Gasteiger partial charge in [0.1, 0.15) is 11.9 Å². The van der Waals surface area contributed by atoms with Gasteiger partial charge < -0.3 is 20.0 Å². The van der Waals surface area contributed by atoms with Crippen LogP contribution in [0.5, 0.6) is 5.75 Å². The van der Waals surface area contributed by atoms with Crippen LogP contribution in [0.4, 0.5) is 5.69 Å². The summed E-state index contributed by atoms with van der Waals surface area (Å²) in [7, 11) is 1.67. The average molecular weight is 515 g/mol. The van der Waals surface area contributed by atoms with Crippen LogP contribution in [0.25, 0.3) is 0 Å². The highest BCUT2D eigenvalue weighted by Crippen LogP contribution is 2.35. The molecule has 3 aliphatic heterocycles. The maximum absolute atomic E-state index is 12.4. The maximum atomic E-state index is 12.4. The highest BCUT2D eigenvalue weighted by atomic mass is 79.9. The van der Waals surface area contributed by atoms with E-state index in [4.69, 9.17) is 4.74 Å². The van der Waals surface area contributed by atoms with Crippen molar-refractivity contribution in [1.82, 2.24) is 20.8 Å². The summed E-state index contributed by atoms with van der Waals surface area (Å²) in [6.07, 6.45) is 4.99. The lowest BCUT2D eigenvalue weighted by Gasteiger charge is -2.36. The van der Waals surface area contributed by atoms with Crippen LogP contribution < -0.4 is 20.9 Å². The molecule has 0 spiro atoms. The number of nitrogens with one attached hydrogen (secondary N) is 3. The highest BCUT2D eigenvalue weighted by molar-refractivity contribution is 9.10. The molecule has 3 unspecified atom stereocenters. The minimum absolute atomic E-state index is 0.0211. The van der Waals surface area contributed by atoms with Crippen molar-refractivity contribution in [1.29, 1.82) is 0 Å². The van der Waals surface area contributed by atoms with E-state index in [0.717, 1.165) is 27.5 Å². The van der Waals surface area contributed by atoms with E-state index in [1.165, 1.54) is 17.3 Å². The quantitative estimate of drug-likeness (QED) is 0.563. The summed E-state index contributed by atoms with van der Waals surface area (Å²) in [5, 5.41) is 10.4. The van der Waals surface area contributed by atoms with E-state index in [-0.39, 0.29) is 29.9 Å². The number of halogens is 1. The standard InChI is InChI=1S/C22H23BrN6O2S/c1-31-17-8-2-14(3-9-17)18-12-19-21-25-26-22(28(21)10-11-29(19)27-18)32-13-20(30)24-16-6-4-15(23)5-7-16/h2-11,18-19,21,25,27H,12-13H2,1H3,(H,24,30). The highest BCUT2D eigenvalue weighted by Gasteiger charge is 2.44. The van der Waals surface area contributed by atoms with Crippen molar-refractivity contribution in [3.05, 3.63) is 71.0 Å². The van der Waals surface area contributed by atoms with Crippen LogP contribution in [0, 0.1) is 0 Å². The summed E-state index contributed by atoms with van der Waals surface area (Å²) < 4.78 is 6.24. The van der Waals surface area contributed by atoms with E-state index in [1.54, 1.807) is 7.11 Å². The monoisotopic (exact) mass is 514 g/mol. The molecule has 1 fully saturated rings. The van der Waals surface area contributed by atoms with E-state index < -0.39 is 0 Å². The van der Waals surface area contributed by atoms with Gasteiger partial charge in [-0.1, -0.05) is 39.8 Å². The van der Waals surface area contributed by atoms with Crippen molar-refractivity contribution in [2.45, 2.75) is 24.7 Å². The summed E-state index contributed by atoms with van der Waals surface area (Å²) in [6.45, 7) is 0. The third-order valence-corrected chi connectivity index (χ3v) is 7.18. The van der Waals surface area contributed by atoms with Gasteiger partial charge in [0, 0.05) is 22.6 Å². The molecule has 3 atom stereocenters. The second kappa shape index (κ2) is 9.05. The van der Waals surface area contributed by atoms with Gasteiger partial charge in [0.05, 0.1) is 24.9 Å². The van der Waals surface area contributed by atoms with E-state index in [2.05, 4.69) is 59.2 Å². The fourth-order valence-corrected chi connectivity index (χ4v) is 5.10. The minimum Gasteiger partial charge on any atom is -0.497 e. The molecule has 2 aromatic rings. The van der Waals surface area contributed by atoms with Crippen LogP contribution in [-0.2, 0) is 4.79 Å². The first-order valence-corrected chi connectivity index (χ1v) is 12.0. The molecular formula is C22H23BrN6O2S. The molecule has 8 nitrogen and oxygen atoms in total. The largest absolute Gasteiger partial charge is 0.497 e. The Morgan fingerprint density at radius 2 is 2.00 bits per heavy atom. The molecule has 0 aliphatic carbocycles. The zero-order valence-corrected chi connectivity index (χ0v) is 19.8. The van der Waals surface area contributed by atoms with Crippen LogP contribution >= 0.6 is 27.7 Å². The van der Waals surface area contributed by atoms with Crippen molar-refractivity contribution < 1.29 is 9.53 Å². The van der Waals surface area contributed by atoms with Gasteiger partial charge >= 0.3 is 0 Å². The normalized spacial score (nSPS) is 23.3. The Hall–Kier alpha value is -2.69. The molecule has 3 aliphatic rings. The number of amidine groups is 1. The number of methoxy groups -OCH3 is 1. The van der Waals surface area contributed by atoms with Crippen molar-refractivity contribution in [3.8, 4) is 5.75 Å². The van der Waals surface area contributed by atoms with E-state index in [1.807, 2.05) is 48.8 Å². The van der Waals surface area contributed by atoms with Gasteiger partial charge in [0.2, 0.25) is 5.91 Å². The van der Waals surface area contributed by atoms with Gasteiger partial charge in [-0.15, -0.1) is 0 Å². The van der Waals surface area contributed by atoms with Gasteiger partial charge in [0.15, 0.2) is 5.17 Å². The fraction of sp³-hybridized carbons (Fsp3) is 0.273. The van der Waals surface area contributed by atoms with Gasteiger partial charge in [-0.25, -0.2) is 5.43 Å². The van der Waals surface area contributed by atoms with Gasteiger partial charge in [-0.3, -0.25) is 10.2 Å². The second-order valence-electron chi connectivity index (χ2n) is 7.68. The van der Waals surface area contributed by atoms with E-state index in [9.17, 15) is 4.79 Å². The molecule has 5 rings (SSSR count). The Kier molecular flexibility index (Phi) is 5.99. The molecule has 0 aromatic heterocycles. The molecule has 32 heavy (non-hydrogen) atoms. The Balaban J connectivity index is 1.17. The number of rotatable bonds is 5. The number of benzene rings is 2. The number of hydrogen-bond acceptors (Lipinski definition) is 8. The van der Waals surface area contributed by atoms with Crippen molar-refractivity contribution in [2.24, 2.45) is 5.10 Å². The second-order valence-corrected chi connectivity index (χ2v) is 9.54. The lowest BCUT2D eigenvalue weighted by molar-refractivity contribution is -0.113. The number of hydrogen-bond donors (Lipinski definition) is 3. The number of carbonyl (C=O) groups excluding carboxylic acids is 1. The van der Waals surface area contributed by atoms with E-state index >= 15 is 0 Å². The number of carbonyl (C=O) groups is 1. The van der Waals surface area contributed by atoms with Crippen LogP contribution in [0.3, 0.4) is 0 Å². The summed E-state index contributed by atoms with van der Waals surface area (Å²) in [5.74, 6) is 1.08. The van der Waals surface area contributed by atoms with Crippen LogP contribution in [-0.4, -0.2) is 46.1 Å². The number of hydrazone groups is 1. The number of hydrazine groups is 1. The molecule has 0 saturated carbocycles. The third kappa shape index (κ3) is 4.30. The number of thioether (sulfide) groups is 1. The SMILES string of the molecule is COc1ccc(C2CC3C4NN=C(SCC(=O)Nc5ccc(Br)cc5)N4C=CN3N2)cc1. The first-order chi connectivity index (χ1) is 15.6. The van der Waals surface area contributed by atoms with Crippen molar-refractivity contribution >= 4 is 44.5 Å². The molecule has 3 N–H and O–H groups in total. The smallest absolute Gasteiger partial charge is 0.234 e. The Morgan fingerprint density at radius 3 is 2.75 bits per heavy atom. The molecule has 3 heterocycles. The van der Waals surface area contributed by atoms with Crippen LogP contribution in [0.2, 0.25) is 0 Å². The number of fused-ring (bicyclic) bond motifs is 3. The zero-order valence-electron chi connectivity index (χ0n) is 17.4. The molecule has 0 radical (unpaired) electrons. The molecule has 0 bridgehead atoms. The van der Waals surface area contributed by atoms with E-state index in [0.29, 0.717) is 0 Å². The summed E-state index contributed by atoms with van der Waals surface area (Å²) in [5.41, 5.74) is 8.82. The summed E-state index contributed by atoms with van der Waals surface area (Å²) >= 11 is 4.82. The number of nitrogens with zero attached hydrogens (tertiary/aromatic N) is 3.